The Bertz CT molecular complexity index is 739. The first-order valence-electron chi connectivity index (χ1n) is 7.33. The molecule has 1 aliphatic rings. The second kappa shape index (κ2) is 7.09. The summed E-state index contributed by atoms with van der Waals surface area (Å²) in [6.45, 7) is 2.60. The normalized spacial score (nSPS) is 14.3. The van der Waals surface area contributed by atoms with Crippen LogP contribution in [0.25, 0.3) is 0 Å². The van der Waals surface area contributed by atoms with Crippen molar-refractivity contribution in [2.45, 2.75) is 0 Å². The number of pyridine rings is 1. The molecule has 0 saturated carbocycles. The van der Waals surface area contributed by atoms with E-state index in [2.05, 4.69) is 20.2 Å². The van der Waals surface area contributed by atoms with Gasteiger partial charge in [-0.3, -0.25) is 4.79 Å². The van der Waals surface area contributed by atoms with Crippen LogP contribution < -0.4 is 10.2 Å². The summed E-state index contributed by atoms with van der Waals surface area (Å²) < 4.78 is 14.6. The van der Waals surface area contributed by atoms with Crippen LogP contribution in [0.1, 0.15) is 21.0 Å². The highest BCUT2D eigenvalue weighted by molar-refractivity contribution is 6.05. The summed E-state index contributed by atoms with van der Waals surface area (Å²) in [6, 6.07) is 4.70. The summed E-state index contributed by atoms with van der Waals surface area (Å²) in [7, 11) is 1.22. The molecule has 0 aromatic carbocycles. The van der Waals surface area contributed by atoms with Gasteiger partial charge in [-0.2, -0.15) is 0 Å². The lowest BCUT2D eigenvalue weighted by Gasteiger charge is -2.29. The molecular weight excluding hydrogens is 316 g/mol. The number of carbonyl (C=O) groups is 2. The number of ether oxygens (including phenoxy) is 2. The maximum atomic E-state index is 12.3. The molecule has 0 atom stereocenters. The Hall–Kier alpha value is -2.94. The Balaban J connectivity index is 1.77. The van der Waals surface area contributed by atoms with Crippen LogP contribution in [0.2, 0.25) is 0 Å². The molecule has 126 valence electrons. The van der Waals surface area contributed by atoms with E-state index < -0.39 is 11.9 Å². The summed E-state index contributed by atoms with van der Waals surface area (Å²) in [6.07, 6.45) is 1.66. The van der Waals surface area contributed by atoms with E-state index in [1.54, 1.807) is 18.3 Å². The molecule has 24 heavy (non-hydrogen) atoms. The van der Waals surface area contributed by atoms with Gasteiger partial charge in [-0.25, -0.2) is 9.78 Å². The fourth-order valence-corrected chi connectivity index (χ4v) is 2.29. The molecule has 0 spiro atoms. The number of aromatic nitrogens is 2. The summed E-state index contributed by atoms with van der Waals surface area (Å²) >= 11 is 0. The van der Waals surface area contributed by atoms with Crippen molar-refractivity contribution in [3.8, 4) is 0 Å². The molecule has 0 radical (unpaired) electrons. The number of methoxy groups -OCH3 is 1. The van der Waals surface area contributed by atoms with Crippen molar-refractivity contribution in [3.63, 3.8) is 0 Å². The molecule has 1 amide bonds. The molecule has 9 nitrogen and oxygen atoms in total. The van der Waals surface area contributed by atoms with Crippen molar-refractivity contribution in [1.82, 2.24) is 10.1 Å². The first-order valence-corrected chi connectivity index (χ1v) is 7.33. The van der Waals surface area contributed by atoms with Gasteiger partial charge in [0.05, 0.1) is 26.0 Å². The van der Waals surface area contributed by atoms with Crippen molar-refractivity contribution < 1.29 is 23.6 Å². The van der Waals surface area contributed by atoms with E-state index in [1.165, 1.54) is 13.2 Å². The van der Waals surface area contributed by atoms with Crippen LogP contribution in [0.4, 0.5) is 11.5 Å². The zero-order chi connectivity index (χ0) is 16.9. The molecule has 1 saturated heterocycles. The van der Waals surface area contributed by atoms with E-state index in [1.807, 2.05) is 4.90 Å². The number of nitrogens with zero attached hydrogens (tertiary/aromatic N) is 3. The molecule has 3 rings (SSSR count). The number of morpholine rings is 1. The van der Waals surface area contributed by atoms with Gasteiger partial charge in [-0.05, 0) is 12.1 Å². The molecule has 9 heteroatoms. The van der Waals surface area contributed by atoms with Crippen LogP contribution in [-0.2, 0) is 9.47 Å². The topological polar surface area (TPSA) is 107 Å². The summed E-state index contributed by atoms with van der Waals surface area (Å²) in [4.78, 5) is 30.0. The Labute approximate surface area is 137 Å². The van der Waals surface area contributed by atoms with Crippen LogP contribution in [0, 0.1) is 0 Å². The van der Waals surface area contributed by atoms with Crippen LogP contribution >= 0.6 is 0 Å². The molecule has 1 aliphatic heterocycles. The van der Waals surface area contributed by atoms with Crippen molar-refractivity contribution in [2.24, 2.45) is 0 Å². The van der Waals surface area contributed by atoms with Crippen LogP contribution in [0.5, 0.6) is 0 Å². The summed E-state index contributed by atoms with van der Waals surface area (Å²) in [5.41, 5.74) is 0.527. The quantitative estimate of drug-likeness (QED) is 0.825. The number of anilines is 2. The highest BCUT2D eigenvalue weighted by Crippen LogP contribution is 2.24. The summed E-state index contributed by atoms with van der Waals surface area (Å²) in [5, 5.41) is 6.32. The van der Waals surface area contributed by atoms with Crippen LogP contribution in [0.15, 0.2) is 28.9 Å². The fourth-order valence-electron chi connectivity index (χ4n) is 2.29. The van der Waals surface area contributed by atoms with E-state index in [4.69, 9.17) is 9.26 Å². The lowest BCUT2D eigenvalue weighted by molar-refractivity contribution is 0.0554. The van der Waals surface area contributed by atoms with Gasteiger partial charge in [0, 0.05) is 25.4 Å². The Morgan fingerprint density at radius 3 is 2.88 bits per heavy atom. The van der Waals surface area contributed by atoms with E-state index in [9.17, 15) is 9.59 Å². The minimum atomic E-state index is -0.697. The molecule has 2 aromatic heterocycles. The standard InChI is InChI=1S/C15H16N4O5/c1-22-15(21)12-9-11(18-24-12)14(20)17-10-3-2-4-16-13(10)19-5-7-23-8-6-19/h2-4,9H,5-8H2,1H3,(H,17,20). The van der Waals surface area contributed by atoms with E-state index in [0.29, 0.717) is 37.8 Å². The number of nitrogens with one attached hydrogen (secondary N) is 1. The SMILES string of the molecule is COC(=O)c1cc(C(=O)Nc2cccnc2N2CCOCC2)no1. The molecule has 0 bridgehead atoms. The van der Waals surface area contributed by atoms with Crippen molar-refractivity contribution in [1.29, 1.82) is 0 Å². The lowest BCUT2D eigenvalue weighted by Crippen LogP contribution is -2.37. The van der Waals surface area contributed by atoms with Crippen molar-refractivity contribution in [2.75, 3.05) is 43.6 Å². The van der Waals surface area contributed by atoms with Gasteiger partial charge in [-0.15, -0.1) is 0 Å². The lowest BCUT2D eigenvalue weighted by atomic mass is 10.3. The third-order valence-electron chi connectivity index (χ3n) is 3.47. The average Bonchev–Trinajstić information content (AvgIpc) is 3.12. The zero-order valence-corrected chi connectivity index (χ0v) is 13.0. The van der Waals surface area contributed by atoms with Crippen LogP contribution in [-0.4, -0.2) is 55.4 Å². The molecule has 2 aromatic rings. The highest BCUT2D eigenvalue weighted by atomic mass is 16.5. The molecule has 1 N–H and O–H groups in total. The number of amides is 1. The van der Waals surface area contributed by atoms with Gasteiger partial charge in [0.15, 0.2) is 11.5 Å². The van der Waals surface area contributed by atoms with Gasteiger partial charge in [0.1, 0.15) is 0 Å². The second-order valence-electron chi connectivity index (χ2n) is 5.00. The maximum absolute atomic E-state index is 12.3. The van der Waals surface area contributed by atoms with Gasteiger partial charge < -0.3 is 24.2 Å². The van der Waals surface area contributed by atoms with E-state index >= 15 is 0 Å². The monoisotopic (exact) mass is 332 g/mol. The predicted octanol–water partition coefficient (Wildman–Crippen LogP) is 0.945. The minimum absolute atomic E-state index is 0.0211. The van der Waals surface area contributed by atoms with Gasteiger partial charge >= 0.3 is 5.97 Å². The second-order valence-corrected chi connectivity index (χ2v) is 5.00. The maximum Gasteiger partial charge on any atom is 0.376 e. The van der Waals surface area contributed by atoms with Gasteiger partial charge in [-0.1, -0.05) is 5.16 Å². The largest absolute Gasteiger partial charge is 0.463 e. The number of rotatable bonds is 4. The number of carbonyl (C=O) groups excluding carboxylic acids is 2. The smallest absolute Gasteiger partial charge is 0.376 e. The number of hydrogen-bond acceptors (Lipinski definition) is 8. The highest BCUT2D eigenvalue weighted by Gasteiger charge is 2.21. The zero-order valence-electron chi connectivity index (χ0n) is 13.0. The Morgan fingerprint density at radius 2 is 2.12 bits per heavy atom. The van der Waals surface area contributed by atoms with Crippen molar-refractivity contribution >= 4 is 23.4 Å². The third-order valence-corrected chi connectivity index (χ3v) is 3.47. The molecule has 3 heterocycles. The van der Waals surface area contributed by atoms with E-state index in [0.717, 1.165) is 0 Å². The van der Waals surface area contributed by atoms with Crippen molar-refractivity contribution in [3.05, 3.63) is 35.9 Å². The molecule has 1 fully saturated rings. The molecule has 0 aliphatic carbocycles. The number of hydrogen-bond donors (Lipinski definition) is 1. The van der Waals surface area contributed by atoms with Gasteiger partial charge in [0.25, 0.3) is 5.91 Å². The Kier molecular flexibility index (Phi) is 4.71. The number of esters is 1. The first kappa shape index (κ1) is 15.9. The summed E-state index contributed by atoms with van der Waals surface area (Å²) in [5.74, 6) is -0.679. The average molecular weight is 332 g/mol. The fraction of sp³-hybridized carbons (Fsp3) is 0.333. The molecule has 0 unspecified atom stereocenters. The predicted molar refractivity (Wildman–Crippen MR) is 83.1 cm³/mol. The minimum Gasteiger partial charge on any atom is -0.463 e. The van der Waals surface area contributed by atoms with Crippen LogP contribution in [0.3, 0.4) is 0 Å². The van der Waals surface area contributed by atoms with E-state index in [-0.39, 0.29) is 11.5 Å². The third kappa shape index (κ3) is 3.35. The Morgan fingerprint density at radius 1 is 1.33 bits per heavy atom. The molecular formula is C15H16N4O5. The first-order chi connectivity index (χ1) is 11.7. The van der Waals surface area contributed by atoms with Gasteiger partial charge in [0.2, 0.25) is 5.76 Å².